The molecule has 0 saturated heterocycles. The van der Waals surface area contributed by atoms with Crippen molar-refractivity contribution < 1.29 is 0 Å². The number of rotatable bonds is 7. The summed E-state index contributed by atoms with van der Waals surface area (Å²) in [7, 11) is 0. The first-order chi connectivity index (χ1) is 8.95. The van der Waals surface area contributed by atoms with E-state index in [1.54, 1.807) is 12.3 Å². The zero-order valence-electron chi connectivity index (χ0n) is 11.8. The van der Waals surface area contributed by atoms with Crippen LogP contribution in [0.1, 0.15) is 33.6 Å². The van der Waals surface area contributed by atoms with Crippen molar-refractivity contribution in [3.05, 3.63) is 34.2 Å². The highest BCUT2D eigenvalue weighted by molar-refractivity contribution is 6.32. The van der Waals surface area contributed by atoms with Crippen molar-refractivity contribution in [1.82, 2.24) is 9.78 Å². The van der Waals surface area contributed by atoms with Crippen LogP contribution in [0.5, 0.6) is 0 Å². The van der Waals surface area contributed by atoms with E-state index in [0.717, 1.165) is 12.8 Å². The van der Waals surface area contributed by atoms with E-state index in [1.165, 1.54) is 4.68 Å². The molecule has 1 aromatic heterocycles. The van der Waals surface area contributed by atoms with Crippen LogP contribution < -0.4 is 10.9 Å². The van der Waals surface area contributed by atoms with Crippen LogP contribution in [0.4, 0.5) is 5.69 Å². The summed E-state index contributed by atoms with van der Waals surface area (Å²) >= 11 is 6.07. The van der Waals surface area contributed by atoms with E-state index in [9.17, 15) is 4.79 Å². The Labute approximate surface area is 119 Å². The number of hydrogen-bond acceptors (Lipinski definition) is 3. The van der Waals surface area contributed by atoms with E-state index in [4.69, 9.17) is 11.6 Å². The summed E-state index contributed by atoms with van der Waals surface area (Å²) < 4.78 is 1.29. The summed E-state index contributed by atoms with van der Waals surface area (Å²) in [6, 6.07) is 0.261. The van der Waals surface area contributed by atoms with Crippen molar-refractivity contribution in [2.75, 3.05) is 5.32 Å². The van der Waals surface area contributed by atoms with Crippen molar-refractivity contribution in [2.24, 2.45) is 5.92 Å². The fourth-order valence-electron chi connectivity index (χ4n) is 1.74. The molecule has 0 aliphatic heterocycles. The lowest BCUT2D eigenvalue weighted by atomic mass is 10.0. The summed E-state index contributed by atoms with van der Waals surface area (Å²) in [6.45, 7) is 10.4. The molecule has 0 aliphatic carbocycles. The second-order valence-electron chi connectivity index (χ2n) is 5.16. The maximum atomic E-state index is 11.9. The van der Waals surface area contributed by atoms with Crippen LogP contribution in [0, 0.1) is 5.92 Å². The van der Waals surface area contributed by atoms with Gasteiger partial charge in [0.25, 0.3) is 5.56 Å². The molecule has 0 bridgehead atoms. The van der Waals surface area contributed by atoms with Crippen LogP contribution in [-0.2, 0) is 6.54 Å². The molecule has 1 aromatic rings. The maximum Gasteiger partial charge on any atom is 0.287 e. The van der Waals surface area contributed by atoms with Gasteiger partial charge in [0.05, 0.1) is 18.4 Å². The molecule has 0 saturated carbocycles. The Morgan fingerprint density at radius 3 is 2.74 bits per heavy atom. The maximum absolute atomic E-state index is 11.9. The van der Waals surface area contributed by atoms with Gasteiger partial charge in [0.1, 0.15) is 5.02 Å². The van der Waals surface area contributed by atoms with E-state index in [1.807, 2.05) is 0 Å². The molecule has 0 fully saturated rings. The molecule has 0 amide bonds. The molecule has 1 N–H and O–H groups in total. The first-order valence-corrected chi connectivity index (χ1v) is 6.96. The molecule has 0 aromatic carbocycles. The summed E-state index contributed by atoms with van der Waals surface area (Å²) in [6.07, 6.45) is 5.37. The fraction of sp³-hybridized carbons (Fsp3) is 0.571. The second-order valence-corrected chi connectivity index (χ2v) is 5.54. The molecule has 1 rings (SSSR count). The number of nitrogens with zero attached hydrogens (tertiary/aromatic N) is 2. The van der Waals surface area contributed by atoms with Crippen LogP contribution in [0.2, 0.25) is 5.02 Å². The van der Waals surface area contributed by atoms with E-state index in [0.29, 0.717) is 18.2 Å². The molecule has 106 valence electrons. The molecule has 1 unspecified atom stereocenters. The molecule has 0 aliphatic rings. The minimum Gasteiger partial charge on any atom is -0.380 e. The number of aromatic nitrogens is 2. The van der Waals surface area contributed by atoms with Gasteiger partial charge in [0.2, 0.25) is 0 Å². The lowest BCUT2D eigenvalue weighted by Gasteiger charge is -2.17. The van der Waals surface area contributed by atoms with E-state index in [2.05, 4.69) is 37.8 Å². The van der Waals surface area contributed by atoms with Crippen LogP contribution in [0.15, 0.2) is 23.6 Å². The summed E-state index contributed by atoms with van der Waals surface area (Å²) in [4.78, 5) is 11.9. The lowest BCUT2D eigenvalue weighted by Crippen LogP contribution is -2.25. The quantitative estimate of drug-likeness (QED) is 0.781. The van der Waals surface area contributed by atoms with Gasteiger partial charge in [0, 0.05) is 6.04 Å². The minimum atomic E-state index is -0.289. The van der Waals surface area contributed by atoms with Crippen LogP contribution >= 0.6 is 11.6 Å². The zero-order chi connectivity index (χ0) is 14.4. The van der Waals surface area contributed by atoms with Gasteiger partial charge in [-0.25, -0.2) is 4.68 Å². The van der Waals surface area contributed by atoms with Crippen LogP contribution in [0.3, 0.4) is 0 Å². The average molecular weight is 284 g/mol. The third-order valence-corrected chi connectivity index (χ3v) is 3.23. The van der Waals surface area contributed by atoms with Crippen molar-refractivity contribution in [2.45, 2.75) is 46.2 Å². The van der Waals surface area contributed by atoms with Crippen molar-refractivity contribution in [3.63, 3.8) is 0 Å². The number of hydrogen-bond donors (Lipinski definition) is 1. The minimum absolute atomic E-state index is 0.188. The predicted molar refractivity (Wildman–Crippen MR) is 80.9 cm³/mol. The Kier molecular flexibility index (Phi) is 6.09. The highest BCUT2D eigenvalue weighted by Crippen LogP contribution is 2.18. The normalized spacial score (nSPS) is 12.5. The molecule has 1 heterocycles. The highest BCUT2D eigenvalue weighted by Gasteiger charge is 2.11. The van der Waals surface area contributed by atoms with Crippen molar-refractivity contribution in [1.29, 1.82) is 0 Å². The number of anilines is 1. The topological polar surface area (TPSA) is 46.9 Å². The molecule has 4 nitrogen and oxygen atoms in total. The van der Waals surface area contributed by atoms with Crippen LogP contribution in [0.25, 0.3) is 0 Å². The van der Waals surface area contributed by atoms with Gasteiger partial charge < -0.3 is 5.32 Å². The Morgan fingerprint density at radius 2 is 2.16 bits per heavy atom. The fourth-order valence-corrected chi connectivity index (χ4v) is 1.94. The molecule has 19 heavy (non-hydrogen) atoms. The molecule has 0 spiro atoms. The zero-order valence-corrected chi connectivity index (χ0v) is 12.6. The smallest absolute Gasteiger partial charge is 0.287 e. The standard InChI is InChI=1S/C14H22ClN3O/c1-5-8-18-14(19)13(15)12(9-16-18)17-11(4)7-6-10(2)3/h5,9-11,17H,1,6-8H2,2-4H3. The number of nitrogens with one attached hydrogen (secondary N) is 1. The SMILES string of the molecule is C=CCn1ncc(NC(C)CCC(C)C)c(Cl)c1=O. The van der Waals surface area contributed by atoms with Gasteiger partial charge in [-0.2, -0.15) is 5.10 Å². The Bertz CT molecular complexity index is 482. The summed E-state index contributed by atoms with van der Waals surface area (Å²) in [5, 5.41) is 7.49. The first kappa shape index (κ1) is 15.8. The van der Waals surface area contributed by atoms with Gasteiger partial charge in [-0.05, 0) is 25.7 Å². The van der Waals surface area contributed by atoms with Gasteiger partial charge in [-0.15, -0.1) is 6.58 Å². The van der Waals surface area contributed by atoms with Crippen molar-refractivity contribution in [3.8, 4) is 0 Å². The Hall–Kier alpha value is -1.29. The van der Waals surface area contributed by atoms with Gasteiger partial charge in [-0.3, -0.25) is 4.79 Å². The Balaban J connectivity index is 2.77. The molecular formula is C14H22ClN3O. The van der Waals surface area contributed by atoms with E-state index in [-0.39, 0.29) is 16.6 Å². The van der Waals surface area contributed by atoms with E-state index >= 15 is 0 Å². The van der Waals surface area contributed by atoms with Gasteiger partial charge in [-0.1, -0.05) is 31.5 Å². The molecular weight excluding hydrogens is 262 g/mol. The lowest BCUT2D eigenvalue weighted by molar-refractivity contribution is 0.527. The van der Waals surface area contributed by atoms with Gasteiger partial charge in [0.15, 0.2) is 0 Å². The molecule has 0 radical (unpaired) electrons. The summed E-state index contributed by atoms with van der Waals surface area (Å²) in [5.74, 6) is 0.665. The van der Waals surface area contributed by atoms with Gasteiger partial charge >= 0.3 is 0 Å². The predicted octanol–water partition coefficient (Wildman–Crippen LogP) is 3.32. The third-order valence-electron chi connectivity index (χ3n) is 2.87. The number of halogens is 1. The average Bonchev–Trinajstić information content (AvgIpc) is 2.36. The van der Waals surface area contributed by atoms with Crippen molar-refractivity contribution >= 4 is 17.3 Å². The number of allylic oxidation sites excluding steroid dienone is 1. The largest absolute Gasteiger partial charge is 0.380 e. The molecule has 1 atom stereocenters. The summed E-state index contributed by atoms with van der Waals surface area (Å²) in [5.41, 5.74) is 0.311. The molecule has 5 heteroatoms. The van der Waals surface area contributed by atoms with Crippen LogP contribution in [-0.4, -0.2) is 15.8 Å². The highest BCUT2D eigenvalue weighted by atomic mass is 35.5. The third kappa shape index (κ3) is 4.71. The van der Waals surface area contributed by atoms with E-state index < -0.39 is 0 Å². The first-order valence-electron chi connectivity index (χ1n) is 6.58. The Morgan fingerprint density at radius 1 is 1.47 bits per heavy atom. The second kappa shape index (κ2) is 7.34. The monoisotopic (exact) mass is 283 g/mol.